The number of halogens is 3. The van der Waals surface area contributed by atoms with Crippen molar-refractivity contribution in [3.05, 3.63) is 56.8 Å². The van der Waals surface area contributed by atoms with Crippen molar-refractivity contribution < 1.29 is 4.39 Å². The summed E-state index contributed by atoms with van der Waals surface area (Å²) in [4.78, 5) is 1.84. The summed E-state index contributed by atoms with van der Waals surface area (Å²) in [6.07, 6.45) is 1.46. The first-order chi connectivity index (χ1) is 10.4. The van der Waals surface area contributed by atoms with Crippen LogP contribution in [0.3, 0.4) is 0 Å². The minimum atomic E-state index is -0.540. The van der Waals surface area contributed by atoms with E-state index >= 15 is 0 Å². The lowest BCUT2D eigenvalue weighted by Crippen LogP contribution is -2.41. The lowest BCUT2D eigenvalue weighted by Gasteiger charge is -2.32. The molecule has 2 rings (SSSR count). The van der Waals surface area contributed by atoms with Crippen LogP contribution in [0, 0.1) is 17.1 Å². The van der Waals surface area contributed by atoms with Crippen molar-refractivity contribution in [3.63, 3.8) is 0 Å². The van der Waals surface area contributed by atoms with E-state index in [4.69, 9.17) is 39.9 Å². The number of nitrogens with one attached hydrogen (secondary N) is 1. The molecule has 0 bridgehead atoms. The molecule has 1 heterocycles. The van der Waals surface area contributed by atoms with Crippen LogP contribution in [0.4, 0.5) is 4.39 Å². The highest BCUT2D eigenvalue weighted by Crippen LogP contribution is 2.30. The molecule has 1 aromatic rings. The second-order valence-corrected chi connectivity index (χ2v) is 5.47. The fourth-order valence-corrected chi connectivity index (χ4v) is 2.61. The Morgan fingerprint density at radius 1 is 1.50 bits per heavy atom. The van der Waals surface area contributed by atoms with E-state index in [0.29, 0.717) is 35.2 Å². The summed E-state index contributed by atoms with van der Waals surface area (Å²) in [5.74, 6) is -0.158. The highest BCUT2D eigenvalue weighted by atomic mass is 35.5. The minimum absolute atomic E-state index is 0.0167. The zero-order valence-electron chi connectivity index (χ0n) is 11.5. The van der Waals surface area contributed by atoms with E-state index in [1.165, 1.54) is 18.2 Å². The van der Waals surface area contributed by atoms with Gasteiger partial charge in [0.05, 0.1) is 10.7 Å². The predicted molar refractivity (Wildman–Crippen MR) is 83.9 cm³/mol. The van der Waals surface area contributed by atoms with Gasteiger partial charge in [-0.1, -0.05) is 23.2 Å². The highest BCUT2D eigenvalue weighted by Gasteiger charge is 2.20. The van der Waals surface area contributed by atoms with E-state index in [0.717, 1.165) is 0 Å². The molecular formula is C14H14Cl2FN5. The molecule has 8 heteroatoms. The molecule has 1 aromatic carbocycles. The molecule has 0 saturated carbocycles. The van der Waals surface area contributed by atoms with Crippen molar-refractivity contribution in [1.29, 1.82) is 5.26 Å². The third-order valence-electron chi connectivity index (χ3n) is 3.22. The fourth-order valence-electron chi connectivity index (χ4n) is 2.12. The Labute approximate surface area is 137 Å². The van der Waals surface area contributed by atoms with Crippen LogP contribution >= 0.6 is 23.2 Å². The van der Waals surface area contributed by atoms with E-state index in [-0.39, 0.29) is 17.3 Å². The van der Waals surface area contributed by atoms with Crippen molar-refractivity contribution in [2.45, 2.75) is 6.54 Å². The van der Waals surface area contributed by atoms with E-state index in [1.54, 1.807) is 0 Å². The van der Waals surface area contributed by atoms with Crippen molar-refractivity contribution >= 4 is 23.2 Å². The van der Waals surface area contributed by atoms with Crippen molar-refractivity contribution in [1.82, 2.24) is 10.2 Å². The average Bonchev–Trinajstić information content (AvgIpc) is 2.50. The number of benzene rings is 1. The summed E-state index contributed by atoms with van der Waals surface area (Å²) in [6.45, 7) is 1.43. The average molecular weight is 342 g/mol. The molecule has 22 heavy (non-hydrogen) atoms. The van der Waals surface area contributed by atoms with Crippen molar-refractivity contribution in [3.8, 4) is 6.07 Å². The Morgan fingerprint density at radius 3 is 2.91 bits per heavy atom. The Morgan fingerprint density at radius 2 is 2.23 bits per heavy atom. The molecule has 0 fully saturated rings. The summed E-state index contributed by atoms with van der Waals surface area (Å²) >= 11 is 12.1. The first-order valence-electron chi connectivity index (χ1n) is 6.42. The standard InChI is InChI=1S/C14H14Cl2FN5/c15-10-1-2-11(17)13(16)9(10)7-22-4-3-21-14(20)12(22)5-8(19)6-18/h1-2,5,21H,3-4,7,19-20H2/b8-5-. The second-order valence-electron chi connectivity index (χ2n) is 4.68. The molecule has 116 valence electrons. The van der Waals surface area contributed by atoms with Crippen LogP contribution in [0.5, 0.6) is 0 Å². The molecule has 5 N–H and O–H groups in total. The quantitative estimate of drug-likeness (QED) is 0.578. The maximum absolute atomic E-state index is 13.6. The smallest absolute Gasteiger partial charge is 0.142 e. The van der Waals surface area contributed by atoms with Gasteiger partial charge in [-0.2, -0.15) is 5.26 Å². The topological polar surface area (TPSA) is 91.1 Å². The lowest BCUT2D eigenvalue weighted by molar-refractivity contribution is 0.320. The Balaban J connectivity index is 2.38. The van der Waals surface area contributed by atoms with Crippen LogP contribution < -0.4 is 16.8 Å². The number of allylic oxidation sites excluding steroid dienone is 2. The van der Waals surface area contributed by atoms with Gasteiger partial charge in [0.15, 0.2) is 0 Å². The third-order valence-corrected chi connectivity index (χ3v) is 3.99. The molecule has 0 aliphatic carbocycles. The number of hydrogen-bond acceptors (Lipinski definition) is 5. The maximum atomic E-state index is 13.6. The predicted octanol–water partition coefficient (Wildman–Crippen LogP) is 2.03. The normalized spacial score (nSPS) is 15.5. The molecule has 0 amide bonds. The number of nitrogens with zero attached hydrogens (tertiary/aromatic N) is 2. The van der Waals surface area contributed by atoms with Gasteiger partial charge in [0.25, 0.3) is 0 Å². The second kappa shape index (κ2) is 6.77. The summed E-state index contributed by atoms with van der Waals surface area (Å²) in [5.41, 5.74) is 12.5. The van der Waals surface area contributed by atoms with Gasteiger partial charge in [0.1, 0.15) is 23.4 Å². The number of rotatable bonds is 3. The molecule has 1 aliphatic heterocycles. The number of nitrogens with two attached hydrogens (primary N) is 2. The molecular weight excluding hydrogens is 328 g/mol. The van der Waals surface area contributed by atoms with Gasteiger partial charge in [-0.25, -0.2) is 4.39 Å². The zero-order chi connectivity index (χ0) is 16.3. The first-order valence-corrected chi connectivity index (χ1v) is 7.18. The Kier molecular flexibility index (Phi) is 5.01. The molecule has 5 nitrogen and oxygen atoms in total. The number of hydrogen-bond donors (Lipinski definition) is 3. The fraction of sp³-hybridized carbons (Fsp3) is 0.214. The summed E-state index contributed by atoms with van der Waals surface area (Å²) < 4.78 is 13.6. The van der Waals surface area contributed by atoms with Gasteiger partial charge in [0.2, 0.25) is 0 Å². The largest absolute Gasteiger partial charge is 0.390 e. The minimum Gasteiger partial charge on any atom is -0.390 e. The van der Waals surface area contributed by atoms with Gasteiger partial charge in [0, 0.05) is 30.2 Å². The Hall–Kier alpha value is -2.10. The maximum Gasteiger partial charge on any atom is 0.142 e. The first kappa shape index (κ1) is 16.3. The SMILES string of the molecule is N#C/C(N)=C/C1=C(N)NCCN1Cc1c(Cl)ccc(F)c1Cl. The monoisotopic (exact) mass is 341 g/mol. The van der Waals surface area contributed by atoms with Gasteiger partial charge >= 0.3 is 0 Å². The molecule has 0 atom stereocenters. The number of nitriles is 1. The molecule has 0 saturated heterocycles. The van der Waals surface area contributed by atoms with Gasteiger partial charge in [-0.15, -0.1) is 0 Å². The summed E-state index contributed by atoms with van der Waals surface area (Å²) in [7, 11) is 0. The Bertz CT molecular complexity index is 693. The summed E-state index contributed by atoms with van der Waals surface area (Å²) in [5, 5.41) is 12.1. The molecule has 0 spiro atoms. The van der Waals surface area contributed by atoms with E-state index in [2.05, 4.69) is 5.32 Å². The molecule has 0 unspecified atom stereocenters. The van der Waals surface area contributed by atoms with E-state index in [1.807, 2.05) is 11.0 Å². The molecule has 1 aliphatic rings. The van der Waals surface area contributed by atoms with Crippen LogP contribution in [0.1, 0.15) is 5.56 Å². The molecule has 0 aromatic heterocycles. The van der Waals surface area contributed by atoms with Crippen LogP contribution in [-0.2, 0) is 6.54 Å². The van der Waals surface area contributed by atoms with Crippen molar-refractivity contribution in [2.75, 3.05) is 13.1 Å². The lowest BCUT2D eigenvalue weighted by atomic mass is 10.1. The van der Waals surface area contributed by atoms with Gasteiger partial charge in [-0.05, 0) is 18.2 Å². The van der Waals surface area contributed by atoms with Crippen LogP contribution in [0.2, 0.25) is 10.0 Å². The van der Waals surface area contributed by atoms with Crippen LogP contribution in [0.25, 0.3) is 0 Å². The van der Waals surface area contributed by atoms with E-state index < -0.39 is 5.82 Å². The van der Waals surface area contributed by atoms with Crippen molar-refractivity contribution in [2.24, 2.45) is 11.5 Å². The molecule has 0 radical (unpaired) electrons. The van der Waals surface area contributed by atoms with E-state index in [9.17, 15) is 4.39 Å². The third kappa shape index (κ3) is 3.38. The van der Waals surface area contributed by atoms with Gasteiger partial charge < -0.3 is 21.7 Å². The zero-order valence-corrected chi connectivity index (χ0v) is 13.0. The van der Waals surface area contributed by atoms with Crippen LogP contribution in [0.15, 0.2) is 35.4 Å². The highest BCUT2D eigenvalue weighted by molar-refractivity contribution is 6.36. The summed E-state index contributed by atoms with van der Waals surface area (Å²) in [6, 6.07) is 4.50. The van der Waals surface area contributed by atoms with Gasteiger partial charge in [-0.3, -0.25) is 0 Å². The van der Waals surface area contributed by atoms with Crippen LogP contribution in [-0.4, -0.2) is 18.0 Å².